The van der Waals surface area contributed by atoms with Gasteiger partial charge in [0.05, 0.1) is 55.3 Å². The van der Waals surface area contributed by atoms with E-state index in [9.17, 15) is 13.2 Å². The standard InChI is InChI=1S/C50H26F6N2O2/c51-49(52,53)28-11-9-10-27(24-28)35-25-40(58-38-17-6-2-13-30(38)32-21-23-44-46(48(32)58)34-15-4-8-19-42(34)60-44)36(50(54,55)56)26-39(35)57-37-16-5-1-12-29(37)31-20-22-43-45(47(31)57)33-14-3-7-18-41(33)59-43/h1-26H. The van der Waals surface area contributed by atoms with Gasteiger partial charge < -0.3 is 18.0 Å². The van der Waals surface area contributed by atoms with Crippen molar-refractivity contribution in [2.45, 2.75) is 12.4 Å². The Morgan fingerprint density at radius 1 is 0.383 bits per heavy atom. The summed E-state index contributed by atoms with van der Waals surface area (Å²) in [5.74, 6) is 0. The lowest BCUT2D eigenvalue weighted by atomic mass is 9.96. The highest BCUT2D eigenvalue weighted by Crippen LogP contribution is 2.48. The summed E-state index contributed by atoms with van der Waals surface area (Å²) in [4.78, 5) is 0. The molecule has 4 heterocycles. The van der Waals surface area contributed by atoms with Gasteiger partial charge in [0.2, 0.25) is 0 Å². The topological polar surface area (TPSA) is 36.1 Å². The second-order valence-corrected chi connectivity index (χ2v) is 15.0. The molecule has 60 heavy (non-hydrogen) atoms. The number of nitrogens with zero attached hydrogens (tertiary/aromatic N) is 2. The molecule has 0 N–H and O–H groups in total. The van der Waals surface area contributed by atoms with Crippen molar-refractivity contribution in [1.82, 2.24) is 9.13 Å². The lowest BCUT2D eigenvalue weighted by Crippen LogP contribution is -2.13. The summed E-state index contributed by atoms with van der Waals surface area (Å²) in [6, 6.07) is 43.9. The minimum absolute atomic E-state index is 0.0501. The summed E-state index contributed by atoms with van der Waals surface area (Å²) < 4.78 is 108. The molecule has 0 atom stereocenters. The first-order valence-corrected chi connectivity index (χ1v) is 19.1. The average molecular weight is 801 g/mol. The molecular formula is C50H26F6N2O2. The van der Waals surface area contributed by atoms with Crippen LogP contribution in [0.5, 0.6) is 0 Å². The minimum atomic E-state index is -4.93. The van der Waals surface area contributed by atoms with Gasteiger partial charge >= 0.3 is 12.4 Å². The molecule has 0 aliphatic rings. The molecule has 0 spiro atoms. The third kappa shape index (κ3) is 4.81. The molecule has 4 aromatic heterocycles. The maximum Gasteiger partial charge on any atom is 0.418 e. The molecule has 0 bridgehead atoms. The number of hydrogen-bond acceptors (Lipinski definition) is 2. The number of hydrogen-bond donors (Lipinski definition) is 0. The van der Waals surface area contributed by atoms with E-state index in [0.29, 0.717) is 71.3 Å². The molecule has 0 aliphatic heterocycles. The molecular weight excluding hydrogens is 775 g/mol. The Morgan fingerprint density at radius 2 is 0.883 bits per heavy atom. The molecule has 8 aromatic carbocycles. The van der Waals surface area contributed by atoms with Gasteiger partial charge in [-0.15, -0.1) is 0 Å². The van der Waals surface area contributed by atoms with Crippen LogP contribution in [0.2, 0.25) is 0 Å². The Hall–Kier alpha value is -7.46. The van der Waals surface area contributed by atoms with Gasteiger partial charge in [-0.1, -0.05) is 84.9 Å². The van der Waals surface area contributed by atoms with Crippen molar-refractivity contribution >= 4 is 87.5 Å². The zero-order chi connectivity index (χ0) is 40.7. The van der Waals surface area contributed by atoms with Crippen molar-refractivity contribution in [2.75, 3.05) is 0 Å². The van der Waals surface area contributed by atoms with Gasteiger partial charge in [0, 0.05) is 37.9 Å². The van der Waals surface area contributed by atoms with E-state index in [-0.39, 0.29) is 22.5 Å². The average Bonchev–Trinajstić information content (AvgIpc) is 4.00. The van der Waals surface area contributed by atoms with Crippen LogP contribution >= 0.6 is 0 Å². The molecule has 0 saturated heterocycles. The van der Waals surface area contributed by atoms with E-state index in [0.717, 1.165) is 34.4 Å². The fourth-order valence-corrected chi connectivity index (χ4v) is 9.30. The quantitative estimate of drug-likeness (QED) is 0.167. The fraction of sp³-hybridized carbons (Fsp3) is 0.0400. The first kappa shape index (κ1) is 34.6. The summed E-state index contributed by atoms with van der Waals surface area (Å²) in [5, 5.41) is 5.65. The van der Waals surface area contributed by atoms with Crippen LogP contribution in [0.4, 0.5) is 26.3 Å². The van der Waals surface area contributed by atoms with Gasteiger partial charge in [0.1, 0.15) is 22.3 Å². The highest BCUT2D eigenvalue weighted by molar-refractivity contribution is 6.26. The number of alkyl halides is 6. The molecule has 0 unspecified atom stereocenters. The molecule has 0 aliphatic carbocycles. The summed E-state index contributed by atoms with van der Waals surface area (Å²) >= 11 is 0. The van der Waals surface area contributed by atoms with Gasteiger partial charge in [-0.25, -0.2) is 0 Å². The van der Waals surface area contributed by atoms with Gasteiger partial charge in [-0.3, -0.25) is 0 Å². The number of para-hydroxylation sites is 4. The molecule has 10 heteroatoms. The Kier molecular flexibility index (Phi) is 6.94. The van der Waals surface area contributed by atoms with Crippen LogP contribution in [-0.4, -0.2) is 9.13 Å². The van der Waals surface area contributed by atoms with Crippen molar-refractivity contribution < 1.29 is 35.2 Å². The normalized spacial score (nSPS) is 12.8. The van der Waals surface area contributed by atoms with Crippen LogP contribution in [-0.2, 0) is 12.4 Å². The van der Waals surface area contributed by atoms with E-state index in [4.69, 9.17) is 8.83 Å². The van der Waals surface area contributed by atoms with E-state index in [2.05, 4.69) is 0 Å². The fourth-order valence-electron chi connectivity index (χ4n) is 9.30. The molecule has 0 radical (unpaired) electrons. The number of benzene rings is 8. The van der Waals surface area contributed by atoms with Crippen LogP contribution in [0.15, 0.2) is 167 Å². The number of fused-ring (bicyclic) bond motifs is 14. The zero-order valence-electron chi connectivity index (χ0n) is 31.0. The number of furan rings is 2. The number of halogens is 6. The SMILES string of the molecule is FC(F)(F)c1cccc(-c2cc(-n3c4ccccc4c4ccc5oc6ccccc6c5c43)c(C(F)(F)F)cc2-n2c3ccccc3c3ccc4oc5ccccc5c4c32)c1. The van der Waals surface area contributed by atoms with Crippen molar-refractivity contribution in [3.63, 3.8) is 0 Å². The minimum Gasteiger partial charge on any atom is -0.456 e. The van der Waals surface area contributed by atoms with E-state index < -0.39 is 23.5 Å². The van der Waals surface area contributed by atoms with Gasteiger partial charge in [0.25, 0.3) is 0 Å². The molecule has 290 valence electrons. The highest BCUT2D eigenvalue weighted by Gasteiger charge is 2.38. The van der Waals surface area contributed by atoms with Crippen LogP contribution in [0, 0.1) is 0 Å². The third-order valence-electron chi connectivity index (χ3n) is 11.8. The monoisotopic (exact) mass is 800 g/mol. The second-order valence-electron chi connectivity index (χ2n) is 15.0. The van der Waals surface area contributed by atoms with Crippen molar-refractivity contribution in [2.24, 2.45) is 0 Å². The maximum atomic E-state index is 16.2. The Bertz CT molecular complexity index is 3770. The van der Waals surface area contributed by atoms with Crippen LogP contribution in [0.3, 0.4) is 0 Å². The first-order valence-electron chi connectivity index (χ1n) is 19.1. The lowest BCUT2D eigenvalue weighted by Gasteiger charge is -2.22. The Labute approximate surface area is 334 Å². The van der Waals surface area contributed by atoms with Crippen molar-refractivity contribution in [3.8, 4) is 22.5 Å². The molecule has 12 aromatic rings. The van der Waals surface area contributed by atoms with Crippen molar-refractivity contribution in [3.05, 3.63) is 169 Å². The predicted octanol–water partition coefficient (Wildman–Crippen LogP) is 15.4. The van der Waals surface area contributed by atoms with E-state index in [1.165, 1.54) is 18.2 Å². The van der Waals surface area contributed by atoms with Gasteiger partial charge in [-0.2, -0.15) is 26.3 Å². The highest BCUT2D eigenvalue weighted by atomic mass is 19.4. The number of aromatic nitrogens is 2. The van der Waals surface area contributed by atoms with Crippen LogP contribution < -0.4 is 0 Å². The van der Waals surface area contributed by atoms with E-state index in [1.54, 1.807) is 27.3 Å². The Morgan fingerprint density at radius 3 is 1.42 bits per heavy atom. The number of rotatable bonds is 3. The zero-order valence-corrected chi connectivity index (χ0v) is 31.0. The lowest BCUT2D eigenvalue weighted by molar-refractivity contribution is -0.138. The molecule has 12 rings (SSSR count). The predicted molar refractivity (Wildman–Crippen MR) is 225 cm³/mol. The van der Waals surface area contributed by atoms with E-state index in [1.807, 2.05) is 103 Å². The Balaban J connectivity index is 1.30. The summed E-state index contributed by atoms with van der Waals surface area (Å²) in [7, 11) is 0. The van der Waals surface area contributed by atoms with Crippen LogP contribution in [0.1, 0.15) is 11.1 Å². The van der Waals surface area contributed by atoms with Crippen molar-refractivity contribution in [1.29, 1.82) is 0 Å². The molecule has 0 fully saturated rings. The van der Waals surface area contributed by atoms with Crippen LogP contribution in [0.25, 0.3) is 110 Å². The molecule has 0 saturated carbocycles. The smallest absolute Gasteiger partial charge is 0.418 e. The molecule has 0 amide bonds. The summed E-state index contributed by atoms with van der Waals surface area (Å²) in [6.45, 7) is 0. The van der Waals surface area contributed by atoms with Gasteiger partial charge in [-0.05, 0) is 78.4 Å². The maximum absolute atomic E-state index is 16.2. The summed E-state index contributed by atoms with van der Waals surface area (Å²) in [6.07, 6.45) is -9.66. The first-order chi connectivity index (χ1) is 29.0. The largest absolute Gasteiger partial charge is 0.456 e. The summed E-state index contributed by atoms with van der Waals surface area (Å²) in [5.41, 5.74) is 2.41. The van der Waals surface area contributed by atoms with E-state index >= 15 is 13.2 Å². The van der Waals surface area contributed by atoms with Gasteiger partial charge in [0.15, 0.2) is 0 Å². The third-order valence-corrected chi connectivity index (χ3v) is 11.8. The second kappa shape index (κ2) is 12.0. The molecule has 4 nitrogen and oxygen atoms in total.